The van der Waals surface area contributed by atoms with Crippen molar-refractivity contribution in [1.29, 1.82) is 0 Å². The SMILES string of the molecule is Cc1nn(Cc2ccccc2)c(C)c1CNC(=O)NCCCC(=O)O. The maximum Gasteiger partial charge on any atom is 0.315 e. The first-order valence-corrected chi connectivity index (χ1v) is 8.27. The lowest BCUT2D eigenvalue weighted by Gasteiger charge is -2.08. The molecule has 0 saturated carbocycles. The van der Waals surface area contributed by atoms with Gasteiger partial charge in [-0.05, 0) is 25.8 Å². The summed E-state index contributed by atoms with van der Waals surface area (Å²) >= 11 is 0. The lowest BCUT2D eigenvalue weighted by atomic mass is 10.2. The molecule has 134 valence electrons. The van der Waals surface area contributed by atoms with E-state index in [-0.39, 0.29) is 12.5 Å². The molecule has 1 heterocycles. The summed E-state index contributed by atoms with van der Waals surface area (Å²) in [5, 5.41) is 18.6. The molecule has 0 aliphatic carbocycles. The third-order valence-electron chi connectivity index (χ3n) is 3.99. The third kappa shape index (κ3) is 5.63. The van der Waals surface area contributed by atoms with Crippen LogP contribution in [0.15, 0.2) is 30.3 Å². The normalized spacial score (nSPS) is 10.5. The number of aliphatic carboxylic acids is 1. The molecule has 7 nitrogen and oxygen atoms in total. The molecule has 0 fully saturated rings. The zero-order chi connectivity index (χ0) is 18.2. The minimum absolute atomic E-state index is 0.0464. The van der Waals surface area contributed by atoms with Crippen LogP contribution in [0.2, 0.25) is 0 Å². The van der Waals surface area contributed by atoms with Crippen LogP contribution < -0.4 is 10.6 Å². The third-order valence-corrected chi connectivity index (χ3v) is 3.99. The van der Waals surface area contributed by atoms with E-state index in [1.54, 1.807) is 0 Å². The van der Waals surface area contributed by atoms with Crippen LogP contribution >= 0.6 is 0 Å². The van der Waals surface area contributed by atoms with E-state index in [1.165, 1.54) is 5.56 Å². The first-order valence-electron chi connectivity index (χ1n) is 8.27. The van der Waals surface area contributed by atoms with E-state index < -0.39 is 5.97 Å². The summed E-state index contributed by atoms with van der Waals surface area (Å²) in [6.45, 7) is 5.33. The Morgan fingerprint density at radius 3 is 2.56 bits per heavy atom. The fourth-order valence-electron chi connectivity index (χ4n) is 2.57. The van der Waals surface area contributed by atoms with Crippen LogP contribution in [0, 0.1) is 13.8 Å². The van der Waals surface area contributed by atoms with Gasteiger partial charge in [0.25, 0.3) is 0 Å². The van der Waals surface area contributed by atoms with Crippen molar-refractivity contribution in [2.75, 3.05) is 6.54 Å². The van der Waals surface area contributed by atoms with Gasteiger partial charge in [-0.15, -0.1) is 0 Å². The van der Waals surface area contributed by atoms with Gasteiger partial charge in [-0.1, -0.05) is 30.3 Å². The highest BCUT2D eigenvalue weighted by Crippen LogP contribution is 2.14. The lowest BCUT2D eigenvalue weighted by Crippen LogP contribution is -2.35. The van der Waals surface area contributed by atoms with Crippen LogP contribution in [-0.2, 0) is 17.9 Å². The number of hydrogen-bond acceptors (Lipinski definition) is 3. The van der Waals surface area contributed by atoms with Gasteiger partial charge in [0.1, 0.15) is 0 Å². The van der Waals surface area contributed by atoms with E-state index in [0.717, 1.165) is 17.0 Å². The molecule has 0 atom stereocenters. The highest BCUT2D eigenvalue weighted by Gasteiger charge is 2.12. The summed E-state index contributed by atoms with van der Waals surface area (Å²) in [5.74, 6) is -0.862. The summed E-state index contributed by atoms with van der Waals surface area (Å²) in [6, 6.07) is 9.78. The Morgan fingerprint density at radius 1 is 1.16 bits per heavy atom. The molecule has 1 aromatic heterocycles. The number of aryl methyl sites for hydroxylation is 1. The average Bonchev–Trinajstić information content (AvgIpc) is 2.84. The van der Waals surface area contributed by atoms with Gasteiger partial charge in [0.05, 0.1) is 12.2 Å². The van der Waals surface area contributed by atoms with Crippen molar-refractivity contribution in [3.05, 3.63) is 52.8 Å². The van der Waals surface area contributed by atoms with Crippen LogP contribution in [0.3, 0.4) is 0 Å². The molecule has 2 amide bonds. The number of urea groups is 1. The molecule has 0 aliphatic rings. The number of carbonyl (C=O) groups is 2. The van der Waals surface area contributed by atoms with Gasteiger partial charge in [-0.25, -0.2) is 4.79 Å². The molecule has 0 aliphatic heterocycles. The van der Waals surface area contributed by atoms with Crippen molar-refractivity contribution < 1.29 is 14.7 Å². The van der Waals surface area contributed by atoms with Crippen LogP contribution in [-0.4, -0.2) is 33.4 Å². The first-order chi connectivity index (χ1) is 12.0. The number of carboxylic acid groups (broad SMARTS) is 1. The zero-order valence-corrected chi connectivity index (χ0v) is 14.6. The smallest absolute Gasteiger partial charge is 0.315 e. The monoisotopic (exact) mass is 344 g/mol. The zero-order valence-electron chi connectivity index (χ0n) is 14.6. The molecular formula is C18H24N4O3. The van der Waals surface area contributed by atoms with Crippen LogP contribution in [0.5, 0.6) is 0 Å². The minimum atomic E-state index is -0.862. The highest BCUT2D eigenvalue weighted by molar-refractivity contribution is 5.74. The summed E-state index contributed by atoms with van der Waals surface area (Å²) in [4.78, 5) is 22.2. The molecule has 0 unspecified atom stereocenters. The predicted molar refractivity (Wildman–Crippen MR) is 94.4 cm³/mol. The number of hydrogen-bond donors (Lipinski definition) is 3. The van der Waals surface area contributed by atoms with Gasteiger partial charge in [0.2, 0.25) is 0 Å². The van der Waals surface area contributed by atoms with Gasteiger partial charge < -0.3 is 15.7 Å². The van der Waals surface area contributed by atoms with Crippen molar-refractivity contribution in [3.8, 4) is 0 Å². The van der Waals surface area contributed by atoms with Gasteiger partial charge in [-0.3, -0.25) is 9.48 Å². The Morgan fingerprint density at radius 2 is 1.88 bits per heavy atom. The molecule has 7 heteroatoms. The maximum absolute atomic E-state index is 11.8. The maximum atomic E-state index is 11.8. The van der Waals surface area contributed by atoms with Crippen molar-refractivity contribution in [3.63, 3.8) is 0 Å². The number of rotatable bonds is 8. The Bertz CT molecular complexity index is 725. The number of aromatic nitrogens is 2. The topological polar surface area (TPSA) is 96.3 Å². The van der Waals surface area contributed by atoms with Crippen molar-refractivity contribution in [2.24, 2.45) is 0 Å². The molecule has 0 saturated heterocycles. The summed E-state index contributed by atoms with van der Waals surface area (Å²) < 4.78 is 1.94. The van der Waals surface area contributed by atoms with Gasteiger partial charge >= 0.3 is 12.0 Å². The van der Waals surface area contributed by atoms with E-state index in [4.69, 9.17) is 5.11 Å². The Kier molecular flexibility index (Phi) is 6.56. The minimum Gasteiger partial charge on any atom is -0.481 e. The second kappa shape index (κ2) is 8.86. The Balaban J connectivity index is 1.88. The quantitative estimate of drug-likeness (QED) is 0.640. The average molecular weight is 344 g/mol. The van der Waals surface area contributed by atoms with Crippen molar-refractivity contribution in [1.82, 2.24) is 20.4 Å². The fraction of sp³-hybridized carbons (Fsp3) is 0.389. The molecule has 2 rings (SSSR count). The summed E-state index contributed by atoms with van der Waals surface area (Å²) in [7, 11) is 0. The summed E-state index contributed by atoms with van der Waals surface area (Å²) in [5.41, 5.74) is 4.08. The molecular weight excluding hydrogens is 320 g/mol. The number of nitrogens with zero attached hydrogens (tertiary/aromatic N) is 2. The van der Waals surface area contributed by atoms with Crippen LogP contribution in [0.1, 0.15) is 35.4 Å². The number of amides is 2. The van der Waals surface area contributed by atoms with Crippen LogP contribution in [0.4, 0.5) is 4.79 Å². The number of carbonyl (C=O) groups excluding carboxylic acids is 1. The molecule has 0 spiro atoms. The second-order valence-corrected chi connectivity index (χ2v) is 5.90. The molecule has 2 aromatic rings. The Labute approximate surface area is 147 Å². The molecule has 25 heavy (non-hydrogen) atoms. The lowest BCUT2D eigenvalue weighted by molar-refractivity contribution is -0.137. The Hall–Kier alpha value is -2.83. The number of carboxylic acids is 1. The van der Waals surface area contributed by atoms with E-state index in [1.807, 2.05) is 36.7 Å². The van der Waals surface area contributed by atoms with Crippen molar-refractivity contribution in [2.45, 2.75) is 39.8 Å². The molecule has 1 aromatic carbocycles. The van der Waals surface area contributed by atoms with E-state index in [2.05, 4.69) is 27.9 Å². The highest BCUT2D eigenvalue weighted by atomic mass is 16.4. The predicted octanol–water partition coefficient (Wildman–Crippen LogP) is 2.21. The molecule has 3 N–H and O–H groups in total. The summed E-state index contributed by atoms with van der Waals surface area (Å²) in [6.07, 6.45) is 0.459. The van der Waals surface area contributed by atoms with E-state index in [0.29, 0.717) is 26.1 Å². The van der Waals surface area contributed by atoms with E-state index >= 15 is 0 Å². The van der Waals surface area contributed by atoms with Gasteiger partial charge in [0.15, 0.2) is 0 Å². The largest absolute Gasteiger partial charge is 0.481 e. The molecule has 0 bridgehead atoms. The second-order valence-electron chi connectivity index (χ2n) is 5.90. The first kappa shape index (κ1) is 18.5. The molecule has 0 radical (unpaired) electrons. The van der Waals surface area contributed by atoms with Crippen molar-refractivity contribution >= 4 is 12.0 Å². The van der Waals surface area contributed by atoms with Crippen LogP contribution in [0.25, 0.3) is 0 Å². The number of benzene rings is 1. The standard InChI is InChI=1S/C18H24N4O3/c1-13-16(11-20-18(25)19-10-6-9-17(23)24)14(2)22(21-13)12-15-7-4-3-5-8-15/h3-5,7-8H,6,9-12H2,1-2H3,(H,23,24)(H2,19,20,25). The van der Waals surface area contributed by atoms with Gasteiger partial charge in [0, 0.05) is 30.8 Å². The fourth-order valence-corrected chi connectivity index (χ4v) is 2.57. The number of nitrogens with one attached hydrogen (secondary N) is 2. The van der Waals surface area contributed by atoms with Gasteiger partial charge in [-0.2, -0.15) is 5.10 Å². The van der Waals surface area contributed by atoms with E-state index in [9.17, 15) is 9.59 Å².